The average Bonchev–Trinajstić information content (AvgIpc) is 3.47. The fourth-order valence-corrected chi connectivity index (χ4v) is 4.28. The molecule has 2 aromatic heterocycles. The largest absolute Gasteiger partial charge is 0.491 e. The molecule has 0 saturated carbocycles. The molecule has 0 unspecified atom stereocenters. The van der Waals surface area contributed by atoms with E-state index in [1.807, 2.05) is 0 Å². The Balaban J connectivity index is 1.88. The number of carbonyl (C=O) groups is 2. The van der Waals surface area contributed by atoms with Crippen molar-refractivity contribution < 1.29 is 27.5 Å². The van der Waals surface area contributed by atoms with E-state index >= 15 is 0 Å². The SMILES string of the molecule is N#Cc1c(-c2cccc(CNC(=N)N)c2)cc(-c2ccccc2OC(=O)C(F)(F)F)nc1NC(=O)c1cccs1. The predicted molar refractivity (Wildman–Crippen MR) is 143 cm³/mol. The van der Waals surface area contributed by atoms with Crippen molar-refractivity contribution in [3.63, 3.8) is 0 Å². The molecule has 202 valence electrons. The number of halogens is 3. The number of nitrogens with one attached hydrogen (secondary N) is 3. The van der Waals surface area contributed by atoms with Crippen LogP contribution in [0.25, 0.3) is 22.4 Å². The lowest BCUT2D eigenvalue weighted by atomic mass is 9.96. The Labute approximate surface area is 229 Å². The smallest absolute Gasteiger partial charge is 0.419 e. The van der Waals surface area contributed by atoms with E-state index in [1.165, 1.54) is 30.3 Å². The molecule has 5 N–H and O–H groups in total. The zero-order chi connectivity index (χ0) is 28.9. The number of aromatic nitrogens is 1. The molecule has 0 atom stereocenters. The van der Waals surface area contributed by atoms with Crippen LogP contribution < -0.4 is 21.1 Å². The quantitative estimate of drug-likeness (QED) is 0.106. The Hall–Kier alpha value is -5.22. The number of hydrogen-bond donors (Lipinski definition) is 4. The van der Waals surface area contributed by atoms with Crippen LogP contribution in [-0.2, 0) is 11.3 Å². The van der Waals surface area contributed by atoms with Gasteiger partial charge in [-0.05, 0) is 46.8 Å². The number of ether oxygens (including phenoxy) is 1. The van der Waals surface area contributed by atoms with Gasteiger partial charge in [-0.1, -0.05) is 36.4 Å². The number of para-hydroxylation sites is 1. The Bertz CT molecular complexity index is 1630. The minimum Gasteiger partial charge on any atom is -0.419 e. The van der Waals surface area contributed by atoms with Crippen LogP contribution in [0.15, 0.2) is 72.1 Å². The zero-order valence-electron chi connectivity index (χ0n) is 20.4. The van der Waals surface area contributed by atoms with Gasteiger partial charge in [0.25, 0.3) is 5.91 Å². The van der Waals surface area contributed by atoms with Crippen molar-refractivity contribution in [2.45, 2.75) is 12.7 Å². The molecule has 0 aliphatic carbocycles. The lowest BCUT2D eigenvalue weighted by molar-refractivity contribution is -0.189. The summed E-state index contributed by atoms with van der Waals surface area (Å²) >= 11 is 1.16. The van der Waals surface area contributed by atoms with Crippen LogP contribution in [0.4, 0.5) is 19.0 Å². The van der Waals surface area contributed by atoms with Gasteiger partial charge in [0.2, 0.25) is 0 Å². The van der Waals surface area contributed by atoms with Crippen LogP contribution in [0.1, 0.15) is 20.8 Å². The van der Waals surface area contributed by atoms with Gasteiger partial charge in [-0.15, -0.1) is 11.3 Å². The zero-order valence-corrected chi connectivity index (χ0v) is 21.2. The normalized spacial score (nSPS) is 10.8. The minimum absolute atomic E-state index is 0.00454. The number of thiophene rings is 1. The number of pyridine rings is 1. The van der Waals surface area contributed by atoms with Gasteiger partial charge in [-0.25, -0.2) is 9.78 Å². The van der Waals surface area contributed by atoms with Gasteiger partial charge in [0, 0.05) is 17.7 Å². The molecule has 13 heteroatoms. The second-order valence-corrected chi connectivity index (χ2v) is 9.12. The highest BCUT2D eigenvalue weighted by atomic mass is 32.1. The van der Waals surface area contributed by atoms with Crippen LogP contribution in [0, 0.1) is 16.7 Å². The Morgan fingerprint density at radius 3 is 2.52 bits per heavy atom. The van der Waals surface area contributed by atoms with Gasteiger partial charge in [0.05, 0.1) is 10.6 Å². The molecule has 40 heavy (non-hydrogen) atoms. The van der Waals surface area contributed by atoms with Crippen molar-refractivity contribution in [2.24, 2.45) is 5.73 Å². The summed E-state index contributed by atoms with van der Waals surface area (Å²) in [4.78, 5) is 29.2. The monoisotopic (exact) mass is 564 g/mol. The van der Waals surface area contributed by atoms with Crippen LogP contribution in [0.2, 0.25) is 0 Å². The number of rotatable bonds is 7. The summed E-state index contributed by atoms with van der Waals surface area (Å²) in [7, 11) is 0. The van der Waals surface area contributed by atoms with Crippen molar-refractivity contribution in [3.05, 3.63) is 88.1 Å². The van der Waals surface area contributed by atoms with Gasteiger partial charge in [0.1, 0.15) is 17.4 Å². The van der Waals surface area contributed by atoms with Crippen molar-refractivity contribution in [1.82, 2.24) is 10.3 Å². The van der Waals surface area contributed by atoms with Crippen molar-refractivity contribution >= 4 is 35.0 Å². The van der Waals surface area contributed by atoms with Gasteiger partial charge in [0.15, 0.2) is 11.8 Å². The summed E-state index contributed by atoms with van der Waals surface area (Å²) < 4.78 is 43.5. The van der Waals surface area contributed by atoms with Crippen LogP contribution in [0.5, 0.6) is 5.75 Å². The molecule has 2 heterocycles. The van der Waals surface area contributed by atoms with Crippen LogP contribution in [-0.4, -0.2) is 29.0 Å². The number of amides is 1. The molecular weight excluding hydrogens is 545 g/mol. The first-order valence-electron chi connectivity index (χ1n) is 11.4. The van der Waals surface area contributed by atoms with E-state index in [0.29, 0.717) is 21.6 Å². The number of alkyl halides is 3. The predicted octanol–water partition coefficient (Wildman–Crippen LogP) is 5.05. The lowest BCUT2D eigenvalue weighted by Gasteiger charge is -2.16. The molecular formula is C27H19F3N6O3S. The lowest BCUT2D eigenvalue weighted by Crippen LogP contribution is -2.29. The highest BCUT2D eigenvalue weighted by Gasteiger charge is 2.41. The van der Waals surface area contributed by atoms with E-state index < -0.39 is 23.8 Å². The molecule has 9 nitrogen and oxygen atoms in total. The molecule has 0 bridgehead atoms. The second-order valence-electron chi connectivity index (χ2n) is 8.17. The summed E-state index contributed by atoms with van der Waals surface area (Å²) in [5, 5.41) is 24.5. The maximum atomic E-state index is 12.9. The van der Waals surface area contributed by atoms with Crippen LogP contribution in [0.3, 0.4) is 0 Å². The summed E-state index contributed by atoms with van der Waals surface area (Å²) in [6.07, 6.45) is -5.23. The first-order valence-corrected chi connectivity index (χ1v) is 12.3. The molecule has 0 aliphatic heterocycles. The Morgan fingerprint density at radius 2 is 1.85 bits per heavy atom. The topological polar surface area (TPSA) is 154 Å². The molecule has 0 fully saturated rings. The first-order chi connectivity index (χ1) is 19.1. The summed E-state index contributed by atoms with van der Waals surface area (Å²) in [6.45, 7) is 0.210. The fourth-order valence-electron chi connectivity index (χ4n) is 3.66. The van der Waals surface area contributed by atoms with E-state index in [4.69, 9.17) is 11.1 Å². The average molecular weight is 565 g/mol. The third kappa shape index (κ3) is 6.43. The van der Waals surface area contributed by atoms with Gasteiger partial charge in [-0.2, -0.15) is 18.4 Å². The molecule has 4 aromatic rings. The van der Waals surface area contributed by atoms with E-state index in [0.717, 1.165) is 11.3 Å². The number of esters is 1. The molecule has 0 radical (unpaired) electrons. The highest BCUT2D eigenvalue weighted by Crippen LogP contribution is 2.37. The minimum atomic E-state index is -5.23. The number of guanidine groups is 1. The van der Waals surface area contributed by atoms with E-state index in [2.05, 4.69) is 26.4 Å². The number of nitrogens with zero attached hydrogens (tertiary/aromatic N) is 2. The fraction of sp³-hybridized carbons (Fsp3) is 0.0741. The van der Waals surface area contributed by atoms with Gasteiger partial charge >= 0.3 is 12.1 Å². The number of hydrogen-bond acceptors (Lipinski definition) is 7. The summed E-state index contributed by atoms with van der Waals surface area (Å²) in [6, 6.07) is 19.1. The number of anilines is 1. The third-order valence-corrected chi connectivity index (χ3v) is 6.29. The molecule has 1 amide bonds. The van der Waals surface area contributed by atoms with Gasteiger partial charge < -0.3 is 21.1 Å². The maximum Gasteiger partial charge on any atom is 0.491 e. The van der Waals surface area contributed by atoms with Crippen LogP contribution >= 0.6 is 11.3 Å². The van der Waals surface area contributed by atoms with E-state index in [9.17, 15) is 28.0 Å². The summed E-state index contributed by atoms with van der Waals surface area (Å²) in [5.41, 5.74) is 6.95. The number of carbonyl (C=O) groups excluding carboxylic acids is 2. The Morgan fingerprint density at radius 1 is 1.07 bits per heavy atom. The highest BCUT2D eigenvalue weighted by molar-refractivity contribution is 7.12. The maximum absolute atomic E-state index is 12.9. The Kier molecular flexibility index (Phi) is 8.11. The second kappa shape index (κ2) is 11.7. The molecule has 0 aliphatic rings. The molecule has 0 spiro atoms. The number of nitriles is 1. The van der Waals surface area contributed by atoms with Crippen molar-refractivity contribution in [1.29, 1.82) is 10.7 Å². The third-order valence-electron chi connectivity index (χ3n) is 5.43. The van der Waals surface area contributed by atoms with Gasteiger partial charge in [-0.3, -0.25) is 10.2 Å². The molecule has 4 rings (SSSR count). The summed E-state index contributed by atoms with van der Waals surface area (Å²) in [5.74, 6) is -3.75. The number of benzene rings is 2. The first kappa shape index (κ1) is 27.8. The molecule has 2 aromatic carbocycles. The molecule has 0 saturated heterocycles. The van der Waals surface area contributed by atoms with Crippen molar-refractivity contribution in [2.75, 3.05) is 5.32 Å². The standard InChI is InChI=1S/C27H19F3N6O3S/c28-27(29,30)25(38)39-21-8-2-1-7-17(21)20-12-18(16-6-3-5-15(11-16)14-34-26(32)33)19(13-31)23(35-20)36-24(37)22-9-4-10-40-22/h1-12H,14H2,(H4,32,33,34)(H,35,36,37). The van der Waals surface area contributed by atoms with E-state index in [-0.39, 0.29) is 35.1 Å². The number of nitrogens with two attached hydrogens (primary N) is 1. The van der Waals surface area contributed by atoms with Crippen molar-refractivity contribution in [3.8, 4) is 34.2 Å². The van der Waals surface area contributed by atoms with E-state index in [1.54, 1.807) is 41.8 Å².